The van der Waals surface area contributed by atoms with Crippen molar-refractivity contribution >= 4 is 17.5 Å². The second-order valence-corrected chi connectivity index (χ2v) is 7.76. The Hall–Kier alpha value is -2.93. The van der Waals surface area contributed by atoms with Crippen LogP contribution in [0.4, 0.5) is 5.69 Å². The average molecular weight is 409 g/mol. The lowest BCUT2D eigenvalue weighted by Gasteiger charge is -2.35. The summed E-state index contributed by atoms with van der Waals surface area (Å²) in [5.74, 6) is 0.463. The molecule has 1 atom stereocenters. The van der Waals surface area contributed by atoms with Gasteiger partial charge in [0.1, 0.15) is 5.75 Å². The van der Waals surface area contributed by atoms with Gasteiger partial charge in [-0.05, 0) is 36.8 Å². The van der Waals surface area contributed by atoms with Crippen LogP contribution in [-0.2, 0) is 16.1 Å². The Kier molecular flexibility index (Phi) is 6.28. The Morgan fingerprint density at radius 2 is 1.83 bits per heavy atom. The zero-order chi connectivity index (χ0) is 20.9. The molecule has 2 aliphatic rings. The number of benzene rings is 1. The van der Waals surface area contributed by atoms with Crippen molar-refractivity contribution in [2.75, 3.05) is 44.2 Å². The Morgan fingerprint density at radius 1 is 1.10 bits per heavy atom. The third-order valence-corrected chi connectivity index (χ3v) is 5.77. The fourth-order valence-electron chi connectivity index (χ4n) is 4.19. The molecule has 0 N–H and O–H groups in total. The molecule has 158 valence electrons. The van der Waals surface area contributed by atoms with Crippen LogP contribution in [0.15, 0.2) is 48.8 Å². The van der Waals surface area contributed by atoms with Crippen molar-refractivity contribution in [2.45, 2.75) is 19.9 Å². The zero-order valence-electron chi connectivity index (χ0n) is 17.4. The van der Waals surface area contributed by atoms with Crippen molar-refractivity contribution in [3.05, 3.63) is 54.4 Å². The number of nitrogens with zero attached hydrogens (tertiary/aromatic N) is 4. The van der Waals surface area contributed by atoms with Gasteiger partial charge >= 0.3 is 0 Å². The summed E-state index contributed by atoms with van der Waals surface area (Å²) >= 11 is 0. The Labute approximate surface area is 177 Å². The van der Waals surface area contributed by atoms with Gasteiger partial charge in [-0.1, -0.05) is 12.1 Å². The van der Waals surface area contributed by atoms with Gasteiger partial charge in [0.2, 0.25) is 11.8 Å². The van der Waals surface area contributed by atoms with Crippen molar-refractivity contribution in [2.24, 2.45) is 5.92 Å². The maximum atomic E-state index is 13.1. The number of rotatable bonds is 6. The number of aromatic nitrogens is 1. The zero-order valence-corrected chi connectivity index (χ0v) is 17.4. The molecule has 2 amide bonds. The standard InChI is InChI=1S/C23H28N4O3/c1-2-30-21-6-4-3-5-20(21)27-17-19(15-22(27)28)23(29)26-13-11-25(12-14-26)16-18-7-9-24-10-8-18/h3-10,19H,2,11-17H2,1H3/t19-/m0/s1. The molecule has 0 radical (unpaired) electrons. The summed E-state index contributed by atoms with van der Waals surface area (Å²) in [4.78, 5) is 35.8. The molecular formula is C23H28N4O3. The normalized spacial score (nSPS) is 19.9. The topological polar surface area (TPSA) is 66.0 Å². The van der Waals surface area contributed by atoms with E-state index in [2.05, 4.69) is 9.88 Å². The van der Waals surface area contributed by atoms with Crippen molar-refractivity contribution < 1.29 is 14.3 Å². The van der Waals surface area contributed by atoms with Gasteiger partial charge in [-0.25, -0.2) is 0 Å². The maximum absolute atomic E-state index is 13.1. The first-order valence-electron chi connectivity index (χ1n) is 10.6. The van der Waals surface area contributed by atoms with Crippen LogP contribution in [0, 0.1) is 5.92 Å². The lowest BCUT2D eigenvalue weighted by atomic mass is 10.1. The third-order valence-electron chi connectivity index (χ3n) is 5.77. The number of ether oxygens (including phenoxy) is 1. The van der Waals surface area contributed by atoms with Crippen LogP contribution < -0.4 is 9.64 Å². The molecule has 7 heteroatoms. The van der Waals surface area contributed by atoms with E-state index in [1.54, 1.807) is 4.90 Å². The van der Waals surface area contributed by atoms with E-state index in [4.69, 9.17) is 4.74 Å². The van der Waals surface area contributed by atoms with Gasteiger partial charge in [0.15, 0.2) is 0 Å². The van der Waals surface area contributed by atoms with Crippen LogP contribution in [0.5, 0.6) is 5.75 Å². The molecule has 2 fully saturated rings. The predicted octanol–water partition coefficient (Wildman–Crippen LogP) is 2.18. The highest BCUT2D eigenvalue weighted by atomic mass is 16.5. The largest absolute Gasteiger partial charge is 0.492 e. The predicted molar refractivity (Wildman–Crippen MR) is 114 cm³/mol. The minimum absolute atomic E-state index is 0.0168. The van der Waals surface area contributed by atoms with E-state index >= 15 is 0 Å². The summed E-state index contributed by atoms with van der Waals surface area (Å²) in [6.07, 6.45) is 3.87. The summed E-state index contributed by atoms with van der Waals surface area (Å²) in [6, 6.07) is 11.6. The molecule has 3 heterocycles. The van der Waals surface area contributed by atoms with Gasteiger partial charge < -0.3 is 14.5 Å². The lowest BCUT2D eigenvalue weighted by Crippen LogP contribution is -2.50. The van der Waals surface area contributed by atoms with Crippen molar-refractivity contribution in [3.8, 4) is 5.75 Å². The first-order chi connectivity index (χ1) is 14.7. The SMILES string of the molecule is CCOc1ccccc1N1C[C@@H](C(=O)N2CCN(Cc3ccncc3)CC2)CC1=O. The van der Waals surface area contributed by atoms with E-state index in [1.807, 2.05) is 60.6 Å². The molecule has 0 spiro atoms. The fourth-order valence-corrected chi connectivity index (χ4v) is 4.19. The van der Waals surface area contributed by atoms with Gasteiger partial charge in [0.25, 0.3) is 0 Å². The first-order valence-corrected chi connectivity index (χ1v) is 10.6. The number of pyridine rings is 1. The van der Waals surface area contributed by atoms with Crippen molar-refractivity contribution in [3.63, 3.8) is 0 Å². The van der Waals surface area contributed by atoms with E-state index < -0.39 is 0 Å². The second kappa shape index (κ2) is 9.26. The second-order valence-electron chi connectivity index (χ2n) is 7.76. The average Bonchev–Trinajstić information content (AvgIpc) is 3.16. The highest BCUT2D eigenvalue weighted by Crippen LogP contribution is 2.33. The van der Waals surface area contributed by atoms with Crippen LogP contribution in [0.2, 0.25) is 0 Å². The molecule has 2 aliphatic heterocycles. The summed E-state index contributed by atoms with van der Waals surface area (Å²) in [5.41, 5.74) is 1.98. The van der Waals surface area contributed by atoms with Crippen molar-refractivity contribution in [1.29, 1.82) is 0 Å². The molecular weight excluding hydrogens is 380 g/mol. The number of carbonyl (C=O) groups is 2. The summed E-state index contributed by atoms with van der Waals surface area (Å²) < 4.78 is 5.67. The summed E-state index contributed by atoms with van der Waals surface area (Å²) in [6.45, 7) is 6.81. The van der Waals surface area contributed by atoms with E-state index in [9.17, 15) is 9.59 Å². The van der Waals surface area contributed by atoms with E-state index in [-0.39, 0.29) is 24.2 Å². The molecule has 1 aromatic carbocycles. The molecule has 0 aliphatic carbocycles. The van der Waals surface area contributed by atoms with Gasteiger partial charge in [-0.15, -0.1) is 0 Å². The molecule has 0 unspecified atom stereocenters. The van der Waals surface area contributed by atoms with E-state index in [0.29, 0.717) is 32.0 Å². The van der Waals surface area contributed by atoms with E-state index in [1.165, 1.54) is 5.56 Å². The van der Waals surface area contributed by atoms with Crippen LogP contribution in [0.3, 0.4) is 0 Å². The van der Waals surface area contributed by atoms with Gasteiger partial charge in [-0.3, -0.25) is 19.5 Å². The van der Waals surface area contributed by atoms with Crippen LogP contribution in [-0.4, -0.2) is 65.9 Å². The van der Waals surface area contributed by atoms with E-state index in [0.717, 1.165) is 25.3 Å². The number of hydrogen-bond donors (Lipinski definition) is 0. The Balaban J connectivity index is 1.34. The third kappa shape index (κ3) is 4.46. The summed E-state index contributed by atoms with van der Waals surface area (Å²) in [5, 5.41) is 0. The maximum Gasteiger partial charge on any atom is 0.228 e. The number of piperazine rings is 1. The Morgan fingerprint density at radius 3 is 2.57 bits per heavy atom. The monoisotopic (exact) mass is 408 g/mol. The van der Waals surface area contributed by atoms with Crippen LogP contribution in [0.25, 0.3) is 0 Å². The molecule has 4 rings (SSSR count). The number of para-hydroxylation sites is 2. The molecule has 1 aromatic heterocycles. The van der Waals surface area contributed by atoms with Crippen molar-refractivity contribution in [1.82, 2.24) is 14.8 Å². The van der Waals surface area contributed by atoms with Gasteiger partial charge in [0, 0.05) is 58.1 Å². The molecule has 7 nitrogen and oxygen atoms in total. The minimum atomic E-state index is -0.293. The van der Waals surface area contributed by atoms with Gasteiger partial charge in [-0.2, -0.15) is 0 Å². The molecule has 30 heavy (non-hydrogen) atoms. The quantitative estimate of drug-likeness (QED) is 0.733. The fraction of sp³-hybridized carbons (Fsp3) is 0.435. The molecule has 0 saturated carbocycles. The summed E-state index contributed by atoms with van der Waals surface area (Å²) in [7, 11) is 0. The van der Waals surface area contributed by atoms with Crippen LogP contribution in [0.1, 0.15) is 18.9 Å². The Bertz CT molecular complexity index is 881. The number of amides is 2. The molecule has 0 bridgehead atoms. The smallest absolute Gasteiger partial charge is 0.228 e. The van der Waals surface area contributed by atoms with Crippen LogP contribution >= 0.6 is 0 Å². The number of anilines is 1. The first kappa shape index (κ1) is 20.3. The number of carbonyl (C=O) groups excluding carboxylic acids is 2. The molecule has 2 saturated heterocycles. The highest BCUT2D eigenvalue weighted by molar-refractivity contribution is 6.01. The highest BCUT2D eigenvalue weighted by Gasteiger charge is 2.38. The molecule has 2 aromatic rings. The minimum Gasteiger partial charge on any atom is -0.492 e. The lowest BCUT2D eigenvalue weighted by molar-refractivity contribution is -0.137. The van der Waals surface area contributed by atoms with Gasteiger partial charge in [0.05, 0.1) is 18.2 Å². The number of hydrogen-bond acceptors (Lipinski definition) is 5.